The fourth-order valence-corrected chi connectivity index (χ4v) is 3.18. The zero-order chi connectivity index (χ0) is 20.1. The number of hydrogen-bond acceptors (Lipinski definition) is 3. The van der Waals surface area contributed by atoms with Gasteiger partial charge in [0, 0.05) is 12.0 Å². The topological polar surface area (TPSA) is 76.0 Å². The third kappa shape index (κ3) is 4.39. The van der Waals surface area contributed by atoms with Crippen LogP contribution in [0.1, 0.15) is 47.1 Å². The van der Waals surface area contributed by atoms with Crippen LogP contribution in [-0.2, 0) is 17.8 Å². The van der Waals surface area contributed by atoms with Gasteiger partial charge in [0.2, 0.25) is 0 Å². The summed E-state index contributed by atoms with van der Waals surface area (Å²) in [4.78, 5) is 29.6. The van der Waals surface area contributed by atoms with Crippen molar-refractivity contribution in [3.8, 4) is 0 Å². The second-order valence-corrected chi connectivity index (χ2v) is 7.03. The summed E-state index contributed by atoms with van der Waals surface area (Å²) in [5.41, 5.74) is 9.25. The van der Waals surface area contributed by atoms with Crippen molar-refractivity contribution in [2.24, 2.45) is 0 Å². The Morgan fingerprint density at radius 3 is 2.64 bits per heavy atom. The summed E-state index contributed by atoms with van der Waals surface area (Å²) in [6.07, 6.45) is 2.88. The van der Waals surface area contributed by atoms with E-state index in [9.17, 15) is 9.59 Å². The molecule has 0 saturated heterocycles. The maximum Gasteiger partial charge on any atom is 0.269 e. The molecule has 6 heteroatoms. The molecule has 0 atom stereocenters. The molecule has 3 rings (SSSR count). The molecule has 0 spiro atoms. The van der Waals surface area contributed by atoms with Crippen LogP contribution in [0.2, 0.25) is 0 Å². The van der Waals surface area contributed by atoms with Gasteiger partial charge in [0.25, 0.3) is 11.8 Å². The fourth-order valence-electron chi connectivity index (χ4n) is 3.18. The molecular formula is C22H26N4O2. The van der Waals surface area contributed by atoms with E-state index in [2.05, 4.69) is 22.8 Å². The highest BCUT2D eigenvalue weighted by Crippen LogP contribution is 2.17. The van der Waals surface area contributed by atoms with Gasteiger partial charge in [-0.1, -0.05) is 43.2 Å². The number of carbonyl (C=O) groups is 2. The normalized spacial score (nSPS) is 10.8. The van der Waals surface area contributed by atoms with Crippen molar-refractivity contribution < 1.29 is 9.59 Å². The monoisotopic (exact) mass is 378 g/mol. The molecule has 0 saturated carbocycles. The molecule has 2 aromatic carbocycles. The van der Waals surface area contributed by atoms with Crippen LogP contribution in [0.25, 0.3) is 11.0 Å². The summed E-state index contributed by atoms with van der Waals surface area (Å²) in [6, 6.07) is 13.4. The lowest BCUT2D eigenvalue weighted by Gasteiger charge is -2.12. The number of aromatic nitrogens is 2. The SMILES string of the molecule is CCCCc1nc2ccccc2n1CC(=O)NNC(=O)c1cc(C)ccc1C. The lowest BCUT2D eigenvalue weighted by Crippen LogP contribution is -2.43. The van der Waals surface area contributed by atoms with Crippen LogP contribution in [0.15, 0.2) is 42.5 Å². The number of nitrogens with zero attached hydrogens (tertiary/aromatic N) is 2. The number of rotatable bonds is 6. The highest BCUT2D eigenvalue weighted by atomic mass is 16.2. The molecule has 3 aromatic rings. The molecule has 146 valence electrons. The first-order valence-electron chi connectivity index (χ1n) is 9.60. The van der Waals surface area contributed by atoms with Gasteiger partial charge in [-0.3, -0.25) is 20.4 Å². The van der Waals surface area contributed by atoms with Gasteiger partial charge in [0.05, 0.1) is 11.0 Å². The van der Waals surface area contributed by atoms with Crippen molar-refractivity contribution in [1.29, 1.82) is 0 Å². The van der Waals surface area contributed by atoms with Crippen LogP contribution in [0.3, 0.4) is 0 Å². The smallest absolute Gasteiger partial charge is 0.269 e. The van der Waals surface area contributed by atoms with E-state index in [0.29, 0.717) is 5.56 Å². The zero-order valence-electron chi connectivity index (χ0n) is 16.6. The Balaban J connectivity index is 1.71. The van der Waals surface area contributed by atoms with E-state index in [1.807, 2.05) is 60.9 Å². The van der Waals surface area contributed by atoms with Crippen molar-refractivity contribution in [2.75, 3.05) is 0 Å². The van der Waals surface area contributed by atoms with Crippen LogP contribution in [-0.4, -0.2) is 21.4 Å². The summed E-state index contributed by atoms with van der Waals surface area (Å²) in [7, 11) is 0. The van der Waals surface area contributed by atoms with Crippen LogP contribution < -0.4 is 10.9 Å². The Hall–Kier alpha value is -3.15. The summed E-state index contributed by atoms with van der Waals surface area (Å²) < 4.78 is 1.92. The Morgan fingerprint density at radius 2 is 1.86 bits per heavy atom. The lowest BCUT2D eigenvalue weighted by atomic mass is 10.1. The number of unbranched alkanes of at least 4 members (excludes halogenated alkanes) is 1. The van der Waals surface area contributed by atoms with Gasteiger partial charge < -0.3 is 4.57 Å². The van der Waals surface area contributed by atoms with Crippen molar-refractivity contribution in [2.45, 2.75) is 46.6 Å². The van der Waals surface area contributed by atoms with E-state index in [-0.39, 0.29) is 18.4 Å². The summed E-state index contributed by atoms with van der Waals surface area (Å²) in [6.45, 7) is 6.03. The molecule has 1 heterocycles. The minimum absolute atomic E-state index is 0.104. The quantitative estimate of drug-likeness (QED) is 0.645. The van der Waals surface area contributed by atoms with E-state index in [4.69, 9.17) is 0 Å². The number of amides is 2. The molecule has 0 aliphatic carbocycles. The highest BCUT2D eigenvalue weighted by Gasteiger charge is 2.15. The number of benzene rings is 2. The van der Waals surface area contributed by atoms with Gasteiger partial charge in [-0.05, 0) is 44.0 Å². The molecule has 1 aromatic heterocycles. The van der Waals surface area contributed by atoms with Crippen LogP contribution in [0.4, 0.5) is 0 Å². The van der Waals surface area contributed by atoms with Crippen molar-refractivity contribution in [3.05, 3.63) is 65.0 Å². The van der Waals surface area contributed by atoms with E-state index in [1.54, 1.807) is 0 Å². The lowest BCUT2D eigenvalue weighted by molar-refractivity contribution is -0.122. The molecule has 0 unspecified atom stereocenters. The maximum atomic E-state index is 12.5. The van der Waals surface area contributed by atoms with Crippen molar-refractivity contribution >= 4 is 22.8 Å². The van der Waals surface area contributed by atoms with E-state index >= 15 is 0 Å². The molecule has 2 amide bonds. The number of fused-ring (bicyclic) bond motifs is 1. The number of imidazole rings is 1. The van der Waals surface area contributed by atoms with Gasteiger partial charge in [-0.15, -0.1) is 0 Å². The second-order valence-electron chi connectivity index (χ2n) is 7.03. The third-order valence-corrected chi connectivity index (χ3v) is 4.74. The number of aryl methyl sites for hydroxylation is 3. The second kappa shape index (κ2) is 8.69. The summed E-state index contributed by atoms with van der Waals surface area (Å²) in [5, 5.41) is 0. The number of carbonyl (C=O) groups excluding carboxylic acids is 2. The van der Waals surface area contributed by atoms with Crippen LogP contribution in [0.5, 0.6) is 0 Å². The minimum atomic E-state index is -0.323. The van der Waals surface area contributed by atoms with Gasteiger partial charge in [-0.25, -0.2) is 4.98 Å². The Labute approximate surface area is 164 Å². The fraction of sp³-hybridized carbons (Fsp3) is 0.318. The summed E-state index contributed by atoms with van der Waals surface area (Å²) >= 11 is 0. The van der Waals surface area contributed by atoms with E-state index < -0.39 is 0 Å². The average molecular weight is 378 g/mol. The molecule has 0 aliphatic rings. The number of hydrogen-bond donors (Lipinski definition) is 2. The number of hydrazine groups is 1. The van der Waals surface area contributed by atoms with Gasteiger partial charge in [0.1, 0.15) is 12.4 Å². The van der Waals surface area contributed by atoms with Crippen LogP contribution >= 0.6 is 0 Å². The molecule has 0 aliphatic heterocycles. The molecular weight excluding hydrogens is 352 g/mol. The first-order chi connectivity index (χ1) is 13.5. The maximum absolute atomic E-state index is 12.5. The van der Waals surface area contributed by atoms with Crippen molar-refractivity contribution in [1.82, 2.24) is 20.4 Å². The Kier molecular flexibility index (Phi) is 6.09. The third-order valence-electron chi connectivity index (χ3n) is 4.74. The van der Waals surface area contributed by atoms with E-state index in [1.165, 1.54) is 0 Å². The average Bonchev–Trinajstić information content (AvgIpc) is 3.03. The molecule has 2 N–H and O–H groups in total. The molecule has 0 radical (unpaired) electrons. The Bertz CT molecular complexity index is 1010. The predicted molar refractivity (Wildman–Crippen MR) is 110 cm³/mol. The first kappa shape index (κ1) is 19.6. The van der Waals surface area contributed by atoms with Crippen LogP contribution in [0, 0.1) is 13.8 Å². The van der Waals surface area contributed by atoms with Gasteiger partial charge in [-0.2, -0.15) is 0 Å². The number of para-hydroxylation sites is 2. The first-order valence-corrected chi connectivity index (χ1v) is 9.60. The predicted octanol–water partition coefficient (Wildman–Crippen LogP) is 3.46. The van der Waals surface area contributed by atoms with Gasteiger partial charge in [0.15, 0.2) is 0 Å². The molecule has 0 bridgehead atoms. The zero-order valence-corrected chi connectivity index (χ0v) is 16.6. The summed E-state index contributed by atoms with van der Waals surface area (Å²) in [5.74, 6) is 0.273. The van der Waals surface area contributed by atoms with Gasteiger partial charge >= 0.3 is 0 Å². The minimum Gasteiger partial charge on any atom is -0.318 e. The standard InChI is InChI=1S/C22H26N4O2/c1-4-5-10-20-23-18-8-6-7-9-19(18)26(20)14-21(27)24-25-22(28)17-13-15(2)11-12-16(17)3/h6-9,11-13H,4-5,10,14H2,1-3H3,(H,24,27)(H,25,28). The molecule has 0 fully saturated rings. The largest absolute Gasteiger partial charge is 0.318 e. The van der Waals surface area contributed by atoms with E-state index in [0.717, 1.165) is 47.2 Å². The Morgan fingerprint density at radius 1 is 1.07 bits per heavy atom. The molecule has 6 nitrogen and oxygen atoms in total. The number of nitrogens with one attached hydrogen (secondary N) is 2. The highest BCUT2D eigenvalue weighted by molar-refractivity contribution is 5.96. The van der Waals surface area contributed by atoms with Crippen molar-refractivity contribution in [3.63, 3.8) is 0 Å². The molecule has 28 heavy (non-hydrogen) atoms.